The highest BCUT2D eigenvalue weighted by Crippen LogP contribution is 2.63. The first kappa shape index (κ1) is 22.1. The molecule has 1 saturated heterocycles. The minimum Gasteiger partial charge on any atom is -0.478 e. The number of carbonyl (C=O) groups is 1. The van der Waals surface area contributed by atoms with Crippen LogP contribution in [0.3, 0.4) is 0 Å². The average molecular weight is 443 g/mol. The molecule has 3 aliphatic carbocycles. The smallest absolute Gasteiger partial charge is 0.338 e. The summed E-state index contributed by atoms with van der Waals surface area (Å²) >= 11 is 0. The van der Waals surface area contributed by atoms with Crippen molar-refractivity contribution in [2.75, 3.05) is 6.61 Å². The molecule has 0 aromatic carbocycles. The van der Waals surface area contributed by atoms with Gasteiger partial charge >= 0.3 is 5.97 Å². The van der Waals surface area contributed by atoms with Gasteiger partial charge in [0.2, 0.25) is 0 Å². The van der Waals surface area contributed by atoms with Crippen molar-refractivity contribution in [3.05, 3.63) is 30.1 Å². The Bertz CT molecular complexity index is 875. The van der Waals surface area contributed by atoms with Crippen molar-refractivity contribution in [3.63, 3.8) is 0 Å². The molecular formula is C26H38N2O4. The van der Waals surface area contributed by atoms with Gasteiger partial charge < -0.3 is 14.6 Å². The normalized spacial score (nSPS) is 40.1. The highest BCUT2D eigenvalue weighted by atomic mass is 16.7. The number of carboxylic acids is 1. The van der Waals surface area contributed by atoms with Crippen molar-refractivity contribution < 1.29 is 19.4 Å². The molecular weight excluding hydrogens is 404 g/mol. The zero-order valence-corrected chi connectivity index (χ0v) is 19.6. The summed E-state index contributed by atoms with van der Waals surface area (Å²) in [5, 5.41) is 13.5. The minimum absolute atomic E-state index is 0.00229. The largest absolute Gasteiger partial charge is 0.478 e. The van der Waals surface area contributed by atoms with E-state index in [1.807, 2.05) is 0 Å². The van der Waals surface area contributed by atoms with E-state index >= 15 is 0 Å². The summed E-state index contributed by atoms with van der Waals surface area (Å²) in [4.78, 5) is 11.2. The fraction of sp³-hybridized carbons (Fsp3) is 0.769. The second kappa shape index (κ2) is 8.28. The van der Waals surface area contributed by atoms with E-state index in [-0.39, 0.29) is 28.8 Å². The first-order chi connectivity index (χ1) is 15.3. The fourth-order valence-corrected chi connectivity index (χ4v) is 7.72. The van der Waals surface area contributed by atoms with Gasteiger partial charge in [-0.3, -0.25) is 4.68 Å². The first-order valence-electron chi connectivity index (χ1n) is 12.5. The van der Waals surface area contributed by atoms with Gasteiger partial charge in [-0.05, 0) is 62.2 Å². The summed E-state index contributed by atoms with van der Waals surface area (Å²) in [5.74, 6) is 0.603. The van der Waals surface area contributed by atoms with E-state index in [0.29, 0.717) is 17.8 Å². The van der Waals surface area contributed by atoms with Crippen LogP contribution in [-0.2, 0) is 16.0 Å². The summed E-state index contributed by atoms with van der Waals surface area (Å²) in [5.41, 5.74) is 1.80. The molecule has 6 heteroatoms. The Morgan fingerprint density at radius 2 is 2.03 bits per heavy atom. The number of nitrogens with zero attached hydrogens (tertiary/aromatic N) is 2. The summed E-state index contributed by atoms with van der Waals surface area (Å²) < 4.78 is 14.9. The molecule has 6 atom stereocenters. The Labute approximate surface area is 191 Å². The average Bonchev–Trinajstić information content (AvgIpc) is 3.45. The Morgan fingerprint density at radius 3 is 2.75 bits per heavy atom. The monoisotopic (exact) mass is 442 g/mol. The maximum absolute atomic E-state index is 11.2. The number of aryl methyl sites for hydroxylation is 1. The number of aromatic nitrogens is 2. The molecule has 0 spiro atoms. The predicted octanol–water partition coefficient (Wildman–Crippen LogP) is 5.29. The van der Waals surface area contributed by atoms with Crippen LogP contribution < -0.4 is 0 Å². The molecule has 5 rings (SSSR count). The molecule has 2 heterocycles. The Kier molecular flexibility index (Phi) is 5.73. The van der Waals surface area contributed by atoms with Crippen LogP contribution in [0.4, 0.5) is 0 Å². The van der Waals surface area contributed by atoms with E-state index in [1.165, 1.54) is 37.5 Å². The van der Waals surface area contributed by atoms with Gasteiger partial charge in [0.25, 0.3) is 0 Å². The minimum atomic E-state index is -0.926. The molecule has 176 valence electrons. The van der Waals surface area contributed by atoms with Crippen molar-refractivity contribution in [3.8, 4) is 0 Å². The van der Waals surface area contributed by atoms with Crippen LogP contribution in [0.15, 0.2) is 24.5 Å². The Morgan fingerprint density at radius 1 is 1.25 bits per heavy atom. The van der Waals surface area contributed by atoms with Gasteiger partial charge in [-0.25, -0.2) is 4.79 Å². The van der Waals surface area contributed by atoms with Crippen molar-refractivity contribution in [1.82, 2.24) is 9.78 Å². The third-order valence-corrected chi connectivity index (χ3v) is 9.48. The second-order valence-electron chi connectivity index (χ2n) is 11.3. The van der Waals surface area contributed by atoms with E-state index in [9.17, 15) is 9.90 Å². The highest BCUT2D eigenvalue weighted by Gasteiger charge is 2.60. The van der Waals surface area contributed by atoms with Crippen molar-refractivity contribution >= 4 is 5.97 Å². The van der Waals surface area contributed by atoms with Crippen LogP contribution in [0.1, 0.15) is 82.0 Å². The van der Waals surface area contributed by atoms with Gasteiger partial charge in [0.15, 0.2) is 6.29 Å². The molecule has 1 aromatic rings. The molecule has 3 saturated carbocycles. The number of hydrogen-bond acceptors (Lipinski definition) is 4. The van der Waals surface area contributed by atoms with Gasteiger partial charge in [0.1, 0.15) is 0 Å². The fourth-order valence-electron chi connectivity index (χ4n) is 7.72. The number of aromatic carboxylic acids is 1. The van der Waals surface area contributed by atoms with E-state index < -0.39 is 5.97 Å². The van der Waals surface area contributed by atoms with Crippen LogP contribution in [-0.4, -0.2) is 39.9 Å². The predicted molar refractivity (Wildman–Crippen MR) is 121 cm³/mol. The van der Waals surface area contributed by atoms with Crippen LogP contribution in [0.25, 0.3) is 0 Å². The standard InChI is InChI=1S/C26H38N2O4/c1-17-8-9-21-25(2,20(17)11-13-28-15-19(14-27-28)23(29)30)12-10-22-26(21,3)16-31-24(32-22)18-6-4-5-7-18/h14-15,18,20-22,24H,1,4-13,16H2,2-3H3,(H,29,30)/t20-,21?,22-,24?,25+,26+/m1/s1. The lowest BCUT2D eigenvalue weighted by Crippen LogP contribution is -2.62. The molecule has 6 nitrogen and oxygen atoms in total. The van der Waals surface area contributed by atoms with E-state index in [4.69, 9.17) is 9.47 Å². The molecule has 0 amide bonds. The van der Waals surface area contributed by atoms with E-state index in [2.05, 4.69) is 25.5 Å². The number of rotatable bonds is 5. The molecule has 4 fully saturated rings. The third kappa shape index (κ3) is 3.63. The molecule has 2 unspecified atom stereocenters. The van der Waals surface area contributed by atoms with Crippen LogP contribution in [0, 0.1) is 28.6 Å². The van der Waals surface area contributed by atoms with Crippen LogP contribution in [0.5, 0.6) is 0 Å². The molecule has 0 radical (unpaired) electrons. The number of hydrogen-bond donors (Lipinski definition) is 1. The zero-order chi connectivity index (χ0) is 22.5. The van der Waals surface area contributed by atoms with Crippen LogP contribution in [0.2, 0.25) is 0 Å². The maximum Gasteiger partial charge on any atom is 0.338 e. The molecule has 32 heavy (non-hydrogen) atoms. The maximum atomic E-state index is 11.2. The molecule has 0 bridgehead atoms. The molecule has 4 aliphatic rings. The second-order valence-corrected chi connectivity index (χ2v) is 11.3. The van der Waals surface area contributed by atoms with Gasteiger partial charge in [-0.15, -0.1) is 0 Å². The molecule has 1 N–H and O–H groups in total. The van der Waals surface area contributed by atoms with Crippen molar-refractivity contribution in [1.29, 1.82) is 0 Å². The van der Waals surface area contributed by atoms with Crippen LogP contribution >= 0.6 is 0 Å². The number of allylic oxidation sites excluding steroid dienone is 1. The summed E-state index contributed by atoms with van der Waals surface area (Å²) in [7, 11) is 0. The number of ether oxygens (including phenoxy) is 2. The zero-order valence-electron chi connectivity index (χ0n) is 19.6. The lowest BCUT2D eigenvalue weighted by atomic mass is 9.46. The SMILES string of the molecule is C=C1CCC2[C@]3(C)COC(C4CCCC4)O[C@@H]3CC[C@@]2(C)[C@@H]1CCn1cc(C(=O)O)cn1. The Balaban J connectivity index is 1.31. The lowest BCUT2D eigenvalue weighted by molar-refractivity contribution is -0.316. The van der Waals surface area contributed by atoms with Gasteiger partial charge in [0.05, 0.1) is 24.5 Å². The lowest BCUT2D eigenvalue weighted by Gasteiger charge is -2.63. The van der Waals surface area contributed by atoms with Crippen molar-refractivity contribution in [2.45, 2.75) is 90.6 Å². The molecule has 1 aliphatic heterocycles. The first-order valence-corrected chi connectivity index (χ1v) is 12.5. The quantitative estimate of drug-likeness (QED) is 0.627. The topological polar surface area (TPSA) is 73.6 Å². The van der Waals surface area contributed by atoms with Gasteiger partial charge in [-0.2, -0.15) is 5.10 Å². The Hall–Kier alpha value is -1.66. The number of carboxylic acid groups (broad SMARTS) is 1. The van der Waals surface area contributed by atoms with Gasteiger partial charge in [0, 0.05) is 24.1 Å². The summed E-state index contributed by atoms with van der Waals surface area (Å²) in [6.45, 7) is 10.9. The summed E-state index contributed by atoms with van der Waals surface area (Å²) in [6, 6.07) is 0. The van der Waals surface area contributed by atoms with Crippen molar-refractivity contribution in [2.24, 2.45) is 28.6 Å². The molecule has 1 aromatic heterocycles. The van der Waals surface area contributed by atoms with E-state index in [0.717, 1.165) is 45.3 Å². The summed E-state index contributed by atoms with van der Waals surface area (Å²) in [6.07, 6.45) is 13.9. The number of fused-ring (bicyclic) bond motifs is 3. The third-order valence-electron chi connectivity index (χ3n) is 9.48. The van der Waals surface area contributed by atoms with E-state index in [1.54, 1.807) is 10.9 Å². The highest BCUT2D eigenvalue weighted by molar-refractivity contribution is 5.86. The van der Waals surface area contributed by atoms with Gasteiger partial charge in [-0.1, -0.05) is 38.8 Å².